The monoisotopic (exact) mass is 152 g/mol. The summed E-state index contributed by atoms with van der Waals surface area (Å²) in [4.78, 5) is 2.41. The molecule has 2 heteroatoms. The van der Waals surface area contributed by atoms with E-state index >= 15 is 0 Å². The van der Waals surface area contributed by atoms with E-state index in [1.54, 1.807) is 11.3 Å². The molecular formula is C9H16N2. The summed E-state index contributed by atoms with van der Waals surface area (Å²) in [6, 6.07) is 0. The molecule has 2 fully saturated rings. The molecule has 1 aliphatic heterocycles. The molecule has 2 aliphatic rings. The predicted octanol–water partition coefficient (Wildman–Crippen LogP) is 0.959. The van der Waals surface area contributed by atoms with E-state index in [-0.39, 0.29) is 0 Å². The van der Waals surface area contributed by atoms with E-state index in [0.717, 1.165) is 13.1 Å². The Morgan fingerprint density at radius 1 is 1.36 bits per heavy atom. The van der Waals surface area contributed by atoms with Gasteiger partial charge in [-0.15, -0.1) is 0 Å². The maximum absolute atomic E-state index is 3.41. The summed E-state index contributed by atoms with van der Waals surface area (Å²) < 4.78 is 0. The molecule has 0 radical (unpaired) electrons. The summed E-state index contributed by atoms with van der Waals surface area (Å²) >= 11 is 0. The smallest absolute Gasteiger partial charge is 0.0356 e. The fourth-order valence-corrected chi connectivity index (χ4v) is 1.76. The van der Waals surface area contributed by atoms with Gasteiger partial charge in [0.1, 0.15) is 0 Å². The molecule has 0 amide bonds. The van der Waals surface area contributed by atoms with Gasteiger partial charge < -0.3 is 10.2 Å². The number of hydrogen-bond donors (Lipinski definition) is 1. The SMILES string of the molecule is CN1CCNCC1=C1CCC1. The van der Waals surface area contributed by atoms with Crippen LogP contribution in [0.15, 0.2) is 11.3 Å². The van der Waals surface area contributed by atoms with Gasteiger partial charge in [0.2, 0.25) is 0 Å². The molecule has 1 heterocycles. The first-order chi connectivity index (χ1) is 5.38. The van der Waals surface area contributed by atoms with E-state index in [2.05, 4.69) is 17.3 Å². The highest BCUT2D eigenvalue weighted by Gasteiger charge is 2.19. The quantitative estimate of drug-likeness (QED) is 0.556. The van der Waals surface area contributed by atoms with Crippen LogP contribution in [0.1, 0.15) is 19.3 Å². The number of nitrogens with zero attached hydrogens (tertiary/aromatic N) is 1. The van der Waals surface area contributed by atoms with E-state index in [4.69, 9.17) is 0 Å². The zero-order valence-corrected chi connectivity index (χ0v) is 7.19. The van der Waals surface area contributed by atoms with Crippen molar-refractivity contribution < 1.29 is 0 Å². The minimum Gasteiger partial charge on any atom is -0.376 e. The Morgan fingerprint density at radius 3 is 2.73 bits per heavy atom. The maximum Gasteiger partial charge on any atom is 0.0356 e. The fourth-order valence-electron chi connectivity index (χ4n) is 1.76. The second-order valence-electron chi connectivity index (χ2n) is 3.50. The summed E-state index contributed by atoms with van der Waals surface area (Å²) in [6.07, 6.45) is 4.11. The van der Waals surface area contributed by atoms with Crippen LogP contribution < -0.4 is 5.32 Å². The van der Waals surface area contributed by atoms with Crippen LogP contribution in [-0.2, 0) is 0 Å². The molecule has 2 rings (SSSR count). The second-order valence-corrected chi connectivity index (χ2v) is 3.50. The van der Waals surface area contributed by atoms with Gasteiger partial charge in [0.15, 0.2) is 0 Å². The van der Waals surface area contributed by atoms with Crippen molar-refractivity contribution in [3.63, 3.8) is 0 Å². The van der Waals surface area contributed by atoms with Gasteiger partial charge in [-0.05, 0) is 24.8 Å². The van der Waals surface area contributed by atoms with Gasteiger partial charge in [0.25, 0.3) is 0 Å². The number of nitrogens with one attached hydrogen (secondary N) is 1. The van der Waals surface area contributed by atoms with Crippen molar-refractivity contribution in [2.75, 3.05) is 26.7 Å². The van der Waals surface area contributed by atoms with Crippen LogP contribution in [0.2, 0.25) is 0 Å². The minimum absolute atomic E-state index is 1.10. The largest absolute Gasteiger partial charge is 0.376 e. The molecule has 0 atom stereocenters. The molecule has 2 nitrogen and oxygen atoms in total. The van der Waals surface area contributed by atoms with Crippen LogP contribution in [0, 0.1) is 0 Å². The van der Waals surface area contributed by atoms with Crippen molar-refractivity contribution in [1.82, 2.24) is 10.2 Å². The van der Waals surface area contributed by atoms with Gasteiger partial charge in [0.05, 0.1) is 0 Å². The maximum atomic E-state index is 3.41. The molecule has 0 aromatic rings. The molecule has 0 bridgehead atoms. The molecule has 0 spiro atoms. The minimum atomic E-state index is 1.10. The lowest BCUT2D eigenvalue weighted by atomic mass is 9.89. The molecular weight excluding hydrogens is 136 g/mol. The Morgan fingerprint density at radius 2 is 2.18 bits per heavy atom. The van der Waals surface area contributed by atoms with Crippen LogP contribution in [-0.4, -0.2) is 31.6 Å². The van der Waals surface area contributed by atoms with Gasteiger partial charge in [0, 0.05) is 32.4 Å². The second kappa shape index (κ2) is 2.86. The lowest BCUT2D eigenvalue weighted by Crippen LogP contribution is -2.40. The van der Waals surface area contributed by atoms with Crippen molar-refractivity contribution >= 4 is 0 Å². The molecule has 0 aromatic carbocycles. The summed E-state index contributed by atoms with van der Waals surface area (Å²) in [7, 11) is 2.21. The standard InChI is InChI=1S/C9H16N2/c1-11-6-5-10-7-9(11)8-3-2-4-8/h10H,2-7H2,1H3. The van der Waals surface area contributed by atoms with E-state index in [1.165, 1.54) is 25.8 Å². The van der Waals surface area contributed by atoms with Crippen molar-refractivity contribution in [2.24, 2.45) is 0 Å². The Kier molecular flexibility index (Phi) is 1.86. The van der Waals surface area contributed by atoms with Gasteiger partial charge in [-0.3, -0.25) is 0 Å². The molecule has 1 N–H and O–H groups in total. The van der Waals surface area contributed by atoms with Crippen LogP contribution in [0.5, 0.6) is 0 Å². The Bertz CT molecular complexity index is 178. The summed E-state index contributed by atoms with van der Waals surface area (Å²) in [5.74, 6) is 0. The topological polar surface area (TPSA) is 15.3 Å². The van der Waals surface area contributed by atoms with E-state index in [1.807, 2.05) is 0 Å². The summed E-state index contributed by atoms with van der Waals surface area (Å²) in [5, 5.41) is 3.41. The van der Waals surface area contributed by atoms with Crippen LogP contribution in [0.25, 0.3) is 0 Å². The Balaban J connectivity index is 2.09. The fraction of sp³-hybridized carbons (Fsp3) is 0.778. The highest BCUT2D eigenvalue weighted by molar-refractivity contribution is 5.20. The van der Waals surface area contributed by atoms with Gasteiger partial charge >= 0.3 is 0 Å². The average Bonchev–Trinajstić information content (AvgIpc) is 1.90. The van der Waals surface area contributed by atoms with Crippen LogP contribution >= 0.6 is 0 Å². The summed E-state index contributed by atoms with van der Waals surface area (Å²) in [5.41, 5.74) is 3.27. The molecule has 0 aromatic heterocycles. The molecule has 1 saturated carbocycles. The van der Waals surface area contributed by atoms with E-state index < -0.39 is 0 Å². The van der Waals surface area contributed by atoms with E-state index in [9.17, 15) is 0 Å². The number of rotatable bonds is 0. The van der Waals surface area contributed by atoms with E-state index in [0.29, 0.717) is 0 Å². The van der Waals surface area contributed by atoms with Gasteiger partial charge in [-0.2, -0.15) is 0 Å². The number of hydrogen-bond acceptors (Lipinski definition) is 2. The number of allylic oxidation sites excluding steroid dienone is 1. The van der Waals surface area contributed by atoms with Crippen molar-refractivity contribution in [3.8, 4) is 0 Å². The van der Waals surface area contributed by atoms with Crippen molar-refractivity contribution in [2.45, 2.75) is 19.3 Å². The number of piperazine rings is 1. The number of likely N-dealkylation sites (N-methyl/N-ethyl adjacent to an activating group) is 1. The molecule has 62 valence electrons. The first-order valence-corrected chi connectivity index (χ1v) is 4.50. The first kappa shape index (κ1) is 7.17. The third-order valence-electron chi connectivity index (χ3n) is 2.74. The highest BCUT2D eigenvalue weighted by atomic mass is 15.2. The summed E-state index contributed by atoms with van der Waals surface area (Å²) in [6.45, 7) is 3.43. The third kappa shape index (κ3) is 1.27. The zero-order chi connectivity index (χ0) is 7.68. The zero-order valence-electron chi connectivity index (χ0n) is 7.19. The van der Waals surface area contributed by atoms with Gasteiger partial charge in [-0.25, -0.2) is 0 Å². The van der Waals surface area contributed by atoms with Gasteiger partial charge in [-0.1, -0.05) is 0 Å². The van der Waals surface area contributed by atoms with Crippen LogP contribution in [0.3, 0.4) is 0 Å². The lowest BCUT2D eigenvalue weighted by molar-refractivity contribution is 0.344. The first-order valence-electron chi connectivity index (χ1n) is 4.50. The van der Waals surface area contributed by atoms with Crippen LogP contribution in [0.4, 0.5) is 0 Å². The molecule has 11 heavy (non-hydrogen) atoms. The average molecular weight is 152 g/mol. The highest BCUT2D eigenvalue weighted by Crippen LogP contribution is 2.29. The Labute approximate surface area is 68.3 Å². The van der Waals surface area contributed by atoms with Crippen molar-refractivity contribution in [1.29, 1.82) is 0 Å². The van der Waals surface area contributed by atoms with Crippen molar-refractivity contribution in [3.05, 3.63) is 11.3 Å². The Hall–Kier alpha value is -0.500. The normalized spacial score (nSPS) is 25.4. The third-order valence-corrected chi connectivity index (χ3v) is 2.74. The predicted molar refractivity (Wildman–Crippen MR) is 46.4 cm³/mol. The lowest BCUT2D eigenvalue weighted by Gasteiger charge is -2.33. The molecule has 1 saturated heterocycles. The molecule has 1 aliphatic carbocycles. The molecule has 0 unspecified atom stereocenters.